The van der Waals surface area contributed by atoms with Crippen molar-refractivity contribution >= 4 is 16.9 Å². The molecular weight excluding hydrogens is 300 g/mol. The molecule has 4 rings (SSSR count). The molecule has 5 nitrogen and oxygen atoms in total. The van der Waals surface area contributed by atoms with Gasteiger partial charge in [-0.05, 0) is 35.9 Å². The third-order valence-electron chi connectivity index (χ3n) is 3.84. The van der Waals surface area contributed by atoms with Crippen LogP contribution in [0.25, 0.3) is 33.7 Å². The maximum absolute atomic E-state index is 5.86. The third-order valence-corrected chi connectivity index (χ3v) is 3.84. The number of nitrogens with zero attached hydrogens (tertiary/aromatic N) is 4. The number of rotatable bonds is 3. The fraction of sp³-hybridized carbons (Fsp3) is 0.105. The van der Waals surface area contributed by atoms with E-state index in [4.69, 9.17) is 4.42 Å². The molecule has 118 valence electrons. The molecule has 0 bridgehead atoms. The van der Waals surface area contributed by atoms with E-state index in [1.165, 1.54) is 0 Å². The molecule has 3 heterocycles. The van der Waals surface area contributed by atoms with Crippen molar-refractivity contribution in [1.29, 1.82) is 0 Å². The molecule has 5 heteroatoms. The zero-order valence-electron chi connectivity index (χ0n) is 13.5. The number of oxazole rings is 1. The quantitative estimate of drug-likeness (QED) is 0.571. The van der Waals surface area contributed by atoms with Crippen LogP contribution in [0.2, 0.25) is 0 Å². The number of pyridine rings is 2. The van der Waals surface area contributed by atoms with Crippen molar-refractivity contribution < 1.29 is 4.42 Å². The lowest BCUT2D eigenvalue weighted by Gasteiger charge is -2.10. The van der Waals surface area contributed by atoms with Gasteiger partial charge >= 0.3 is 0 Å². The highest BCUT2D eigenvalue weighted by molar-refractivity contribution is 5.82. The van der Waals surface area contributed by atoms with E-state index in [-0.39, 0.29) is 0 Å². The summed E-state index contributed by atoms with van der Waals surface area (Å²) in [5.41, 5.74) is 4.56. The molecule has 0 aliphatic carbocycles. The number of hydrogen-bond acceptors (Lipinski definition) is 5. The van der Waals surface area contributed by atoms with Gasteiger partial charge in [0.15, 0.2) is 5.58 Å². The van der Waals surface area contributed by atoms with Gasteiger partial charge in [-0.15, -0.1) is 0 Å². The van der Waals surface area contributed by atoms with Crippen LogP contribution < -0.4 is 4.90 Å². The van der Waals surface area contributed by atoms with E-state index in [1.54, 1.807) is 12.4 Å². The number of anilines is 1. The molecule has 0 N–H and O–H groups in total. The van der Waals surface area contributed by atoms with Crippen LogP contribution >= 0.6 is 0 Å². The average Bonchev–Trinajstić information content (AvgIpc) is 3.06. The minimum atomic E-state index is 0.575. The van der Waals surface area contributed by atoms with E-state index in [9.17, 15) is 0 Å². The Morgan fingerprint density at radius 2 is 1.79 bits per heavy atom. The van der Waals surface area contributed by atoms with Crippen molar-refractivity contribution in [3.63, 3.8) is 0 Å². The Labute approximate surface area is 139 Å². The van der Waals surface area contributed by atoms with Crippen LogP contribution in [0, 0.1) is 0 Å². The predicted octanol–water partition coefficient (Wildman–Crippen LogP) is 4.02. The zero-order chi connectivity index (χ0) is 16.5. The molecule has 0 unspecified atom stereocenters. The zero-order valence-corrected chi connectivity index (χ0v) is 13.5. The van der Waals surface area contributed by atoms with Crippen LogP contribution in [-0.2, 0) is 0 Å². The second kappa shape index (κ2) is 5.77. The second-order valence-electron chi connectivity index (χ2n) is 5.74. The fourth-order valence-electron chi connectivity index (χ4n) is 2.54. The summed E-state index contributed by atoms with van der Waals surface area (Å²) in [5, 5.41) is 0. The molecule has 0 aliphatic heterocycles. The number of benzene rings is 1. The van der Waals surface area contributed by atoms with Crippen LogP contribution in [0.4, 0.5) is 5.82 Å². The Morgan fingerprint density at radius 1 is 0.917 bits per heavy atom. The predicted molar refractivity (Wildman–Crippen MR) is 94.8 cm³/mol. The van der Waals surface area contributed by atoms with Crippen molar-refractivity contribution in [2.75, 3.05) is 19.0 Å². The molecule has 24 heavy (non-hydrogen) atoms. The normalized spacial score (nSPS) is 10.9. The summed E-state index contributed by atoms with van der Waals surface area (Å²) < 4.78 is 5.86. The molecule has 4 aromatic rings. The van der Waals surface area contributed by atoms with Gasteiger partial charge in [0.25, 0.3) is 0 Å². The lowest BCUT2D eigenvalue weighted by Crippen LogP contribution is -2.09. The molecular formula is C19H16N4O. The average molecular weight is 316 g/mol. The van der Waals surface area contributed by atoms with Crippen molar-refractivity contribution in [3.8, 4) is 22.6 Å². The highest BCUT2D eigenvalue weighted by atomic mass is 16.3. The lowest BCUT2D eigenvalue weighted by molar-refractivity contribution is 0.619. The summed E-state index contributed by atoms with van der Waals surface area (Å²) in [5.74, 6) is 1.47. The van der Waals surface area contributed by atoms with Crippen LogP contribution in [-0.4, -0.2) is 29.0 Å². The Kier molecular flexibility index (Phi) is 3.46. The van der Waals surface area contributed by atoms with Crippen molar-refractivity contribution in [3.05, 3.63) is 61.1 Å². The van der Waals surface area contributed by atoms with Gasteiger partial charge in [0.1, 0.15) is 11.3 Å². The first-order chi connectivity index (χ1) is 11.7. The Bertz CT molecular complexity index is 975. The van der Waals surface area contributed by atoms with E-state index in [0.29, 0.717) is 5.89 Å². The Morgan fingerprint density at radius 3 is 2.50 bits per heavy atom. The molecule has 0 fully saturated rings. The summed E-state index contributed by atoms with van der Waals surface area (Å²) >= 11 is 0. The van der Waals surface area contributed by atoms with Gasteiger partial charge in [0.05, 0.1) is 5.56 Å². The van der Waals surface area contributed by atoms with E-state index >= 15 is 0 Å². The fourth-order valence-corrected chi connectivity index (χ4v) is 2.54. The smallest absolute Gasteiger partial charge is 0.228 e. The molecule has 0 saturated carbocycles. The van der Waals surface area contributed by atoms with Crippen LogP contribution in [0.5, 0.6) is 0 Å². The van der Waals surface area contributed by atoms with Crippen molar-refractivity contribution in [2.45, 2.75) is 0 Å². The van der Waals surface area contributed by atoms with Crippen molar-refractivity contribution in [1.82, 2.24) is 15.0 Å². The molecule has 1 aromatic carbocycles. The maximum atomic E-state index is 5.86. The van der Waals surface area contributed by atoms with Crippen LogP contribution in [0.15, 0.2) is 65.5 Å². The third kappa shape index (κ3) is 2.60. The van der Waals surface area contributed by atoms with Crippen molar-refractivity contribution in [2.24, 2.45) is 0 Å². The van der Waals surface area contributed by atoms with Crippen LogP contribution in [0.3, 0.4) is 0 Å². The van der Waals surface area contributed by atoms with Gasteiger partial charge in [0.2, 0.25) is 5.89 Å². The minimum Gasteiger partial charge on any atom is -0.436 e. The molecule has 0 atom stereocenters. The molecule has 0 aliphatic rings. The summed E-state index contributed by atoms with van der Waals surface area (Å²) in [4.78, 5) is 15.1. The molecule has 0 radical (unpaired) electrons. The van der Waals surface area contributed by atoms with Gasteiger partial charge in [-0.25, -0.2) is 9.97 Å². The summed E-state index contributed by atoms with van der Waals surface area (Å²) in [6.07, 6.45) is 5.38. The topological polar surface area (TPSA) is 55.1 Å². The summed E-state index contributed by atoms with van der Waals surface area (Å²) in [7, 11) is 3.92. The van der Waals surface area contributed by atoms with Gasteiger partial charge in [-0.3, -0.25) is 4.98 Å². The van der Waals surface area contributed by atoms with Crippen LogP contribution in [0.1, 0.15) is 0 Å². The first-order valence-electron chi connectivity index (χ1n) is 7.65. The monoisotopic (exact) mass is 316 g/mol. The summed E-state index contributed by atoms with van der Waals surface area (Å²) in [6.45, 7) is 0. The van der Waals surface area contributed by atoms with Gasteiger partial charge < -0.3 is 9.32 Å². The highest BCUT2D eigenvalue weighted by Gasteiger charge is 2.10. The first-order valence-corrected chi connectivity index (χ1v) is 7.65. The highest BCUT2D eigenvalue weighted by Crippen LogP contribution is 2.28. The van der Waals surface area contributed by atoms with Gasteiger partial charge in [-0.2, -0.15) is 0 Å². The van der Waals surface area contributed by atoms with E-state index in [2.05, 4.69) is 15.0 Å². The molecule has 0 spiro atoms. The van der Waals surface area contributed by atoms with Gasteiger partial charge in [-0.1, -0.05) is 12.1 Å². The summed E-state index contributed by atoms with van der Waals surface area (Å²) in [6, 6.07) is 13.8. The van der Waals surface area contributed by atoms with E-state index in [1.807, 2.05) is 67.7 Å². The number of aromatic nitrogens is 3. The largest absolute Gasteiger partial charge is 0.436 e. The maximum Gasteiger partial charge on any atom is 0.228 e. The standard InChI is InChI=1S/C19H16N4O/c1-23(2)18-8-6-15(12-21-18)19-22-16-10-13(5-7-17(16)24-19)14-4-3-9-20-11-14/h3-12H,1-2H3. The van der Waals surface area contributed by atoms with Gasteiger partial charge in [0, 0.05) is 38.2 Å². The lowest BCUT2D eigenvalue weighted by atomic mass is 10.1. The van der Waals surface area contributed by atoms with E-state index in [0.717, 1.165) is 33.6 Å². The minimum absolute atomic E-state index is 0.575. The molecule has 0 amide bonds. The number of fused-ring (bicyclic) bond motifs is 1. The number of hydrogen-bond donors (Lipinski definition) is 0. The Balaban J connectivity index is 1.73. The SMILES string of the molecule is CN(C)c1ccc(-c2nc3cc(-c4cccnc4)ccc3o2)cn1. The molecule has 3 aromatic heterocycles. The first kappa shape index (κ1) is 14.4. The second-order valence-corrected chi connectivity index (χ2v) is 5.74. The van der Waals surface area contributed by atoms with E-state index < -0.39 is 0 Å². The Hall–Kier alpha value is -3.21. The molecule has 0 saturated heterocycles.